The Hall–Kier alpha value is -0.920. The first kappa shape index (κ1) is 13.1. The number of ether oxygens (including phenoxy) is 2. The summed E-state index contributed by atoms with van der Waals surface area (Å²) in [6, 6.07) is 0. The number of hydrogen-bond acceptors (Lipinski definition) is 6. The molecule has 0 aliphatic carbocycles. The largest absolute Gasteiger partial charge is 0.477 e. The van der Waals surface area contributed by atoms with E-state index in [4.69, 9.17) is 9.47 Å². The van der Waals surface area contributed by atoms with Crippen molar-refractivity contribution in [3.8, 4) is 0 Å². The number of nitrogens with zero attached hydrogens (tertiary/aromatic N) is 2. The maximum atomic E-state index is 10.7. The second kappa shape index (κ2) is 6.62. The summed E-state index contributed by atoms with van der Waals surface area (Å²) in [5.41, 5.74) is 0. The van der Waals surface area contributed by atoms with E-state index in [0.717, 1.165) is 0 Å². The van der Waals surface area contributed by atoms with Gasteiger partial charge in [0.2, 0.25) is 0 Å². The Bertz CT molecular complexity index is 195. The SMILES string of the molecule is CN(C)C.O=[N+](OCC1CO1)OCC1CO1. The van der Waals surface area contributed by atoms with E-state index in [9.17, 15) is 4.91 Å². The molecule has 0 radical (unpaired) electrons. The monoisotopic (exact) mass is 235 g/mol. The Morgan fingerprint density at radius 3 is 1.69 bits per heavy atom. The Kier molecular flexibility index (Phi) is 5.44. The van der Waals surface area contributed by atoms with Gasteiger partial charge in [0.05, 0.1) is 13.2 Å². The zero-order valence-corrected chi connectivity index (χ0v) is 9.92. The van der Waals surface area contributed by atoms with Gasteiger partial charge in [-0.2, -0.15) is 9.68 Å². The molecule has 2 unspecified atom stereocenters. The van der Waals surface area contributed by atoms with Crippen molar-refractivity contribution in [2.75, 3.05) is 47.6 Å². The molecule has 7 heteroatoms. The minimum atomic E-state index is 0.0715. The van der Waals surface area contributed by atoms with Crippen LogP contribution in [0.4, 0.5) is 0 Å². The molecule has 2 rings (SSSR count). The van der Waals surface area contributed by atoms with Gasteiger partial charge < -0.3 is 14.4 Å². The van der Waals surface area contributed by atoms with E-state index in [1.807, 2.05) is 26.0 Å². The molecular weight excluding hydrogens is 216 g/mol. The molecule has 0 saturated carbocycles. The topological polar surface area (TPSA) is 66.8 Å². The summed E-state index contributed by atoms with van der Waals surface area (Å²) < 4.78 is 9.65. The van der Waals surface area contributed by atoms with Crippen LogP contribution in [0.15, 0.2) is 0 Å². The van der Waals surface area contributed by atoms with E-state index in [2.05, 4.69) is 9.68 Å². The van der Waals surface area contributed by atoms with Gasteiger partial charge in [-0.25, -0.2) is 0 Å². The highest BCUT2D eigenvalue weighted by Gasteiger charge is 2.31. The van der Waals surface area contributed by atoms with Gasteiger partial charge in [-0.1, -0.05) is 0 Å². The highest BCUT2D eigenvalue weighted by Crippen LogP contribution is 2.10. The zero-order chi connectivity index (χ0) is 12.0. The van der Waals surface area contributed by atoms with Gasteiger partial charge >= 0.3 is 5.09 Å². The Morgan fingerprint density at radius 1 is 1.12 bits per heavy atom. The fourth-order valence-corrected chi connectivity index (χ4v) is 0.654. The molecule has 0 spiro atoms. The van der Waals surface area contributed by atoms with E-state index in [1.54, 1.807) is 0 Å². The van der Waals surface area contributed by atoms with Gasteiger partial charge in [0.15, 0.2) is 13.2 Å². The summed E-state index contributed by atoms with van der Waals surface area (Å²) >= 11 is 0. The summed E-state index contributed by atoms with van der Waals surface area (Å²) in [6.45, 7) is 1.85. The molecule has 7 nitrogen and oxygen atoms in total. The van der Waals surface area contributed by atoms with Crippen LogP contribution in [0.3, 0.4) is 0 Å². The van der Waals surface area contributed by atoms with E-state index >= 15 is 0 Å². The van der Waals surface area contributed by atoms with Crippen LogP contribution in [0, 0.1) is 4.91 Å². The molecule has 94 valence electrons. The van der Waals surface area contributed by atoms with Crippen molar-refractivity contribution in [2.24, 2.45) is 0 Å². The molecule has 16 heavy (non-hydrogen) atoms. The molecule has 0 aromatic heterocycles. The Morgan fingerprint density at radius 2 is 1.44 bits per heavy atom. The maximum absolute atomic E-state index is 10.7. The van der Waals surface area contributed by atoms with Gasteiger partial charge in [-0.3, -0.25) is 0 Å². The third kappa shape index (κ3) is 8.39. The van der Waals surface area contributed by atoms with Crippen molar-refractivity contribution in [2.45, 2.75) is 12.2 Å². The molecule has 0 N–H and O–H groups in total. The molecule has 0 amide bonds. The summed E-state index contributed by atoms with van der Waals surface area (Å²) in [7, 11) is 6.00. The molecule has 0 aromatic carbocycles. The van der Waals surface area contributed by atoms with Crippen LogP contribution in [0.25, 0.3) is 0 Å². The zero-order valence-electron chi connectivity index (χ0n) is 9.92. The smallest absolute Gasteiger partial charge is 0.369 e. The van der Waals surface area contributed by atoms with Crippen LogP contribution < -0.4 is 0 Å². The van der Waals surface area contributed by atoms with Gasteiger partial charge in [-0.05, 0) is 21.1 Å². The normalized spacial score (nSPS) is 25.5. The fraction of sp³-hybridized carbons (Fsp3) is 1.00. The van der Waals surface area contributed by atoms with Crippen molar-refractivity contribution in [3.63, 3.8) is 0 Å². The van der Waals surface area contributed by atoms with Gasteiger partial charge in [0.1, 0.15) is 17.1 Å². The van der Waals surface area contributed by atoms with E-state index < -0.39 is 0 Å². The fourth-order valence-electron chi connectivity index (χ4n) is 0.654. The summed E-state index contributed by atoms with van der Waals surface area (Å²) in [4.78, 5) is 21.9. The molecule has 2 heterocycles. The van der Waals surface area contributed by atoms with E-state index in [0.29, 0.717) is 13.2 Å². The van der Waals surface area contributed by atoms with Gasteiger partial charge in [-0.15, -0.1) is 0 Å². The average Bonchev–Trinajstić information content (AvgIpc) is 3.03. The van der Waals surface area contributed by atoms with Crippen molar-refractivity contribution in [3.05, 3.63) is 4.91 Å². The first-order valence-corrected chi connectivity index (χ1v) is 5.15. The quantitative estimate of drug-likeness (QED) is 0.461. The first-order chi connectivity index (χ1) is 7.58. The lowest BCUT2D eigenvalue weighted by Crippen LogP contribution is -2.16. The molecule has 0 aromatic rings. The molecule has 2 atom stereocenters. The summed E-state index contributed by atoms with van der Waals surface area (Å²) in [5, 5.41) is 0.114. The van der Waals surface area contributed by atoms with E-state index in [-0.39, 0.29) is 30.5 Å². The summed E-state index contributed by atoms with van der Waals surface area (Å²) in [5.74, 6) is 0. The molecule has 2 saturated heterocycles. The number of hydrogen-bond donors (Lipinski definition) is 0. The number of epoxide rings is 2. The van der Waals surface area contributed by atoms with Crippen LogP contribution >= 0.6 is 0 Å². The second-order valence-corrected chi connectivity index (χ2v) is 4.07. The van der Waals surface area contributed by atoms with E-state index in [1.165, 1.54) is 0 Å². The van der Waals surface area contributed by atoms with Crippen LogP contribution in [-0.4, -0.2) is 69.8 Å². The molecule has 0 bridgehead atoms. The molecule has 2 fully saturated rings. The lowest BCUT2D eigenvalue weighted by Gasteiger charge is -1.90. The van der Waals surface area contributed by atoms with Crippen LogP contribution in [-0.2, 0) is 19.1 Å². The predicted octanol–water partition coefficient (Wildman–Crippen LogP) is -0.396. The standard InChI is InChI=1S/C6H10NO5.C3H9N/c8-7(11-3-5-1-9-5)12-4-6-2-10-6;1-4(2)3/h5-6H,1-4H2;1-3H3/q+1;. The highest BCUT2D eigenvalue weighted by atomic mass is 17.0. The maximum Gasteiger partial charge on any atom is 0.477 e. The Labute approximate surface area is 94.7 Å². The minimum Gasteiger partial charge on any atom is -0.369 e. The van der Waals surface area contributed by atoms with Gasteiger partial charge in [0, 0.05) is 0 Å². The van der Waals surface area contributed by atoms with Crippen molar-refractivity contribution in [1.82, 2.24) is 4.90 Å². The molecule has 2 aliphatic rings. The lowest BCUT2D eigenvalue weighted by atomic mass is 10.5. The first-order valence-electron chi connectivity index (χ1n) is 5.15. The van der Waals surface area contributed by atoms with Crippen LogP contribution in [0.2, 0.25) is 0 Å². The third-order valence-corrected chi connectivity index (χ3v) is 1.54. The molecular formula is C9H19N2O5+. The van der Waals surface area contributed by atoms with Crippen molar-refractivity contribution < 1.29 is 24.2 Å². The van der Waals surface area contributed by atoms with Crippen LogP contribution in [0.5, 0.6) is 0 Å². The minimum absolute atomic E-state index is 0.0715. The molecule has 2 aliphatic heterocycles. The van der Waals surface area contributed by atoms with Crippen LogP contribution in [0.1, 0.15) is 0 Å². The number of rotatable bonds is 6. The van der Waals surface area contributed by atoms with Crippen molar-refractivity contribution in [1.29, 1.82) is 0 Å². The lowest BCUT2D eigenvalue weighted by molar-refractivity contribution is -0.981. The summed E-state index contributed by atoms with van der Waals surface area (Å²) in [6.07, 6.45) is 0.143. The van der Waals surface area contributed by atoms with Crippen molar-refractivity contribution >= 4 is 0 Å². The second-order valence-electron chi connectivity index (χ2n) is 4.07. The highest BCUT2D eigenvalue weighted by molar-refractivity contribution is 4.66. The predicted molar refractivity (Wildman–Crippen MR) is 54.6 cm³/mol. The van der Waals surface area contributed by atoms with Gasteiger partial charge in [0.25, 0.3) is 0 Å². The third-order valence-electron chi connectivity index (χ3n) is 1.54. The Balaban J connectivity index is 0.000000280. The average molecular weight is 235 g/mol.